The van der Waals surface area contributed by atoms with Gasteiger partial charge in [-0.15, -0.1) is 0 Å². The molecule has 0 bridgehead atoms. The highest BCUT2D eigenvalue weighted by Gasteiger charge is 2.23. The number of amides is 1. The molecule has 17 heavy (non-hydrogen) atoms. The lowest BCUT2D eigenvalue weighted by Crippen LogP contribution is -2.52. The Labute approximate surface area is 104 Å². The Morgan fingerprint density at radius 3 is 3.12 bits per heavy atom. The lowest BCUT2D eigenvalue weighted by molar-refractivity contribution is -0.130. The molecule has 0 aromatic rings. The van der Waals surface area contributed by atoms with Crippen LogP contribution in [0.1, 0.15) is 26.2 Å². The molecule has 1 amide bonds. The third-order valence-corrected chi connectivity index (χ3v) is 3.80. The summed E-state index contributed by atoms with van der Waals surface area (Å²) in [6.07, 6.45) is 5.56. The summed E-state index contributed by atoms with van der Waals surface area (Å²) in [5.74, 6) is 0.229. The largest absolute Gasteiger partial charge is 0.318 e. The normalized spacial score (nSPS) is 25.8. The summed E-state index contributed by atoms with van der Waals surface area (Å²) in [6.45, 7) is 5.68. The van der Waals surface area contributed by atoms with E-state index in [9.17, 15) is 4.79 Å². The van der Waals surface area contributed by atoms with Crippen molar-refractivity contribution >= 4 is 5.91 Å². The number of rotatable bonds is 3. The lowest BCUT2D eigenvalue weighted by atomic mass is 10.2. The van der Waals surface area contributed by atoms with E-state index >= 15 is 0 Å². The van der Waals surface area contributed by atoms with Crippen molar-refractivity contribution in [1.29, 1.82) is 0 Å². The summed E-state index contributed by atoms with van der Waals surface area (Å²) in [5, 5.41) is 3.34. The number of nitrogens with zero attached hydrogens (tertiary/aromatic N) is 2. The summed E-state index contributed by atoms with van der Waals surface area (Å²) in [5.41, 5.74) is 1.21. The van der Waals surface area contributed by atoms with E-state index in [0.717, 1.165) is 32.5 Å². The van der Waals surface area contributed by atoms with Gasteiger partial charge in [-0.25, -0.2) is 0 Å². The van der Waals surface area contributed by atoms with Crippen molar-refractivity contribution in [3.8, 4) is 0 Å². The van der Waals surface area contributed by atoms with Crippen LogP contribution in [0.3, 0.4) is 0 Å². The van der Waals surface area contributed by atoms with Gasteiger partial charge in [0.2, 0.25) is 5.91 Å². The number of piperazine rings is 1. The fourth-order valence-corrected chi connectivity index (χ4v) is 2.52. The van der Waals surface area contributed by atoms with Gasteiger partial charge >= 0.3 is 0 Å². The smallest absolute Gasteiger partial charge is 0.240 e. The number of nitrogens with one attached hydrogen (secondary N) is 1. The first kappa shape index (κ1) is 12.6. The van der Waals surface area contributed by atoms with Crippen molar-refractivity contribution in [2.24, 2.45) is 0 Å². The topological polar surface area (TPSA) is 35.6 Å². The zero-order chi connectivity index (χ0) is 12.3. The SMILES string of the molecule is C[C@@H]1CNCCN1CC(=O)N(C)C1=CCCC1. The zero-order valence-corrected chi connectivity index (χ0v) is 10.9. The number of allylic oxidation sites excluding steroid dienone is 2. The van der Waals surface area contributed by atoms with Crippen molar-refractivity contribution in [2.45, 2.75) is 32.2 Å². The van der Waals surface area contributed by atoms with Gasteiger partial charge in [-0.3, -0.25) is 9.69 Å². The molecule has 0 radical (unpaired) electrons. The monoisotopic (exact) mass is 237 g/mol. The Kier molecular flexibility index (Phi) is 4.18. The molecule has 0 unspecified atom stereocenters. The Bertz CT molecular complexity index is 314. The van der Waals surface area contributed by atoms with Crippen LogP contribution in [-0.4, -0.2) is 55.0 Å². The van der Waals surface area contributed by atoms with Crippen LogP contribution >= 0.6 is 0 Å². The van der Waals surface area contributed by atoms with Gasteiger partial charge in [0.05, 0.1) is 6.54 Å². The van der Waals surface area contributed by atoms with Crippen LogP contribution in [0, 0.1) is 0 Å². The Morgan fingerprint density at radius 2 is 2.47 bits per heavy atom. The van der Waals surface area contributed by atoms with Gasteiger partial charge in [-0.1, -0.05) is 6.08 Å². The predicted molar refractivity (Wildman–Crippen MR) is 68.6 cm³/mol. The van der Waals surface area contributed by atoms with Crippen LogP contribution in [0.15, 0.2) is 11.8 Å². The standard InChI is InChI=1S/C13H23N3O/c1-11-9-14-7-8-16(11)10-13(17)15(2)12-5-3-4-6-12/h5,11,14H,3-4,6-10H2,1-2H3/t11-/m1/s1. The van der Waals surface area contributed by atoms with Gasteiger partial charge in [-0.05, 0) is 26.2 Å². The second kappa shape index (κ2) is 5.65. The van der Waals surface area contributed by atoms with Crippen molar-refractivity contribution < 1.29 is 4.79 Å². The molecule has 1 saturated heterocycles. The summed E-state index contributed by atoms with van der Waals surface area (Å²) in [6, 6.07) is 0.457. The first-order chi connectivity index (χ1) is 8.18. The molecule has 4 heteroatoms. The number of hydrogen-bond acceptors (Lipinski definition) is 3. The maximum absolute atomic E-state index is 12.2. The van der Waals surface area contributed by atoms with Gasteiger partial charge in [0.1, 0.15) is 0 Å². The molecular weight excluding hydrogens is 214 g/mol. The van der Waals surface area contributed by atoms with E-state index in [0.29, 0.717) is 12.6 Å². The van der Waals surface area contributed by atoms with E-state index in [2.05, 4.69) is 23.2 Å². The average Bonchev–Trinajstić information content (AvgIpc) is 2.84. The maximum Gasteiger partial charge on any atom is 0.240 e. The average molecular weight is 237 g/mol. The fourth-order valence-electron chi connectivity index (χ4n) is 2.52. The summed E-state index contributed by atoms with van der Waals surface area (Å²) < 4.78 is 0. The van der Waals surface area contributed by atoms with Crippen LogP contribution < -0.4 is 5.32 Å². The van der Waals surface area contributed by atoms with Crippen LogP contribution in [0.25, 0.3) is 0 Å². The molecule has 1 heterocycles. The molecular formula is C13H23N3O. The fraction of sp³-hybridized carbons (Fsp3) is 0.769. The minimum absolute atomic E-state index is 0.229. The molecule has 0 spiro atoms. The number of likely N-dealkylation sites (N-methyl/N-ethyl adjacent to an activating group) is 1. The zero-order valence-electron chi connectivity index (χ0n) is 10.9. The predicted octanol–water partition coefficient (Wildman–Crippen LogP) is 0.806. The van der Waals surface area contributed by atoms with E-state index in [1.54, 1.807) is 0 Å². The minimum Gasteiger partial charge on any atom is -0.318 e. The summed E-state index contributed by atoms with van der Waals surface area (Å²) in [7, 11) is 1.91. The third kappa shape index (κ3) is 3.07. The highest BCUT2D eigenvalue weighted by atomic mass is 16.2. The van der Waals surface area contributed by atoms with Gasteiger partial charge in [0, 0.05) is 38.4 Å². The van der Waals surface area contributed by atoms with E-state index in [1.807, 2.05) is 11.9 Å². The number of carbonyl (C=O) groups is 1. The molecule has 1 N–H and O–H groups in total. The van der Waals surface area contributed by atoms with Crippen molar-refractivity contribution in [3.05, 3.63) is 11.8 Å². The van der Waals surface area contributed by atoms with E-state index in [1.165, 1.54) is 12.1 Å². The van der Waals surface area contributed by atoms with Crippen LogP contribution in [-0.2, 0) is 4.79 Å². The molecule has 2 rings (SSSR count). The van der Waals surface area contributed by atoms with Gasteiger partial charge in [-0.2, -0.15) is 0 Å². The second-order valence-electron chi connectivity index (χ2n) is 5.06. The molecule has 0 aromatic heterocycles. The van der Waals surface area contributed by atoms with E-state index in [-0.39, 0.29) is 5.91 Å². The maximum atomic E-state index is 12.2. The lowest BCUT2D eigenvalue weighted by Gasteiger charge is -2.34. The Hall–Kier alpha value is -0.870. The summed E-state index contributed by atoms with van der Waals surface area (Å²) in [4.78, 5) is 16.3. The molecule has 0 saturated carbocycles. The highest BCUT2D eigenvalue weighted by Crippen LogP contribution is 2.20. The van der Waals surface area contributed by atoms with Crippen molar-refractivity contribution in [3.63, 3.8) is 0 Å². The molecule has 4 nitrogen and oxygen atoms in total. The van der Waals surface area contributed by atoms with Gasteiger partial charge in [0.25, 0.3) is 0 Å². The molecule has 1 aliphatic heterocycles. The quantitative estimate of drug-likeness (QED) is 0.789. The van der Waals surface area contributed by atoms with Gasteiger partial charge in [0.15, 0.2) is 0 Å². The minimum atomic E-state index is 0.229. The first-order valence-electron chi connectivity index (χ1n) is 6.59. The molecule has 1 atom stereocenters. The van der Waals surface area contributed by atoms with Crippen LogP contribution in [0.5, 0.6) is 0 Å². The van der Waals surface area contributed by atoms with Crippen LogP contribution in [0.2, 0.25) is 0 Å². The van der Waals surface area contributed by atoms with Gasteiger partial charge < -0.3 is 10.2 Å². The highest BCUT2D eigenvalue weighted by molar-refractivity contribution is 5.79. The molecule has 0 aromatic carbocycles. The molecule has 96 valence electrons. The Morgan fingerprint density at radius 1 is 1.65 bits per heavy atom. The molecule has 2 aliphatic rings. The number of carbonyl (C=O) groups excluding carboxylic acids is 1. The number of hydrogen-bond donors (Lipinski definition) is 1. The molecule has 1 fully saturated rings. The van der Waals surface area contributed by atoms with E-state index in [4.69, 9.17) is 0 Å². The summed E-state index contributed by atoms with van der Waals surface area (Å²) >= 11 is 0. The molecule has 1 aliphatic carbocycles. The second-order valence-corrected chi connectivity index (χ2v) is 5.06. The van der Waals surface area contributed by atoms with Crippen LogP contribution in [0.4, 0.5) is 0 Å². The van der Waals surface area contributed by atoms with E-state index < -0.39 is 0 Å². The Balaban J connectivity index is 1.87. The van der Waals surface area contributed by atoms with Crippen molar-refractivity contribution in [1.82, 2.24) is 15.1 Å². The van der Waals surface area contributed by atoms with Crippen molar-refractivity contribution in [2.75, 3.05) is 33.2 Å². The first-order valence-corrected chi connectivity index (χ1v) is 6.59. The third-order valence-electron chi connectivity index (χ3n) is 3.80.